The highest BCUT2D eigenvalue weighted by Gasteiger charge is 2.24. The molecule has 2 aromatic carbocycles. The molecule has 3 N–H and O–H groups in total. The van der Waals surface area contributed by atoms with Crippen molar-refractivity contribution in [2.45, 2.75) is 32.6 Å². The van der Waals surface area contributed by atoms with Crippen molar-refractivity contribution in [2.75, 3.05) is 13.2 Å². The maximum atomic E-state index is 12.2. The van der Waals surface area contributed by atoms with E-state index in [9.17, 15) is 9.90 Å². The fraction of sp³-hybridized carbons (Fsp3) is 0.348. The van der Waals surface area contributed by atoms with Gasteiger partial charge in [0.15, 0.2) is 0 Å². The van der Waals surface area contributed by atoms with E-state index in [1.165, 1.54) is 16.5 Å². The molecule has 0 saturated heterocycles. The van der Waals surface area contributed by atoms with Crippen LogP contribution < -0.4 is 5.32 Å². The van der Waals surface area contributed by atoms with Crippen LogP contribution in [0.3, 0.4) is 0 Å². The first-order chi connectivity index (χ1) is 13.1. The number of hydrogen-bond acceptors (Lipinski definition) is 2. The number of para-hydroxylation sites is 1. The molecular formula is C23H28N2O2. The zero-order valence-corrected chi connectivity index (χ0v) is 15.9. The number of aromatic amines is 1. The number of amides is 1. The lowest BCUT2D eigenvalue weighted by molar-refractivity contribution is -0.121. The molecule has 0 aliphatic heterocycles. The van der Waals surface area contributed by atoms with Crippen LogP contribution in [0.5, 0.6) is 0 Å². The van der Waals surface area contributed by atoms with Gasteiger partial charge in [0.25, 0.3) is 0 Å². The third-order valence-electron chi connectivity index (χ3n) is 5.09. The van der Waals surface area contributed by atoms with E-state index in [1.54, 1.807) is 0 Å². The third kappa shape index (κ3) is 5.20. The number of aliphatic hydroxyl groups excluding tert-OH is 1. The predicted molar refractivity (Wildman–Crippen MR) is 110 cm³/mol. The van der Waals surface area contributed by atoms with Crippen molar-refractivity contribution in [3.8, 4) is 0 Å². The molecule has 0 aliphatic carbocycles. The van der Waals surface area contributed by atoms with Gasteiger partial charge in [-0.25, -0.2) is 0 Å². The summed E-state index contributed by atoms with van der Waals surface area (Å²) < 4.78 is 0. The molecule has 3 aromatic rings. The van der Waals surface area contributed by atoms with Crippen molar-refractivity contribution in [3.05, 3.63) is 71.9 Å². The predicted octanol–water partition coefficient (Wildman–Crippen LogP) is 3.85. The summed E-state index contributed by atoms with van der Waals surface area (Å²) in [6.07, 6.45) is 4.94. The van der Waals surface area contributed by atoms with E-state index < -0.39 is 0 Å². The summed E-state index contributed by atoms with van der Waals surface area (Å²) in [5, 5.41) is 14.0. The second kappa shape index (κ2) is 8.87. The summed E-state index contributed by atoms with van der Waals surface area (Å²) in [5.41, 5.74) is 3.20. The molecule has 0 aliphatic rings. The Kier molecular flexibility index (Phi) is 6.30. The third-order valence-corrected chi connectivity index (χ3v) is 5.09. The number of fused-ring (bicyclic) bond motifs is 1. The van der Waals surface area contributed by atoms with Crippen LogP contribution >= 0.6 is 0 Å². The first-order valence-corrected chi connectivity index (χ1v) is 9.56. The number of rotatable bonds is 9. The van der Waals surface area contributed by atoms with Gasteiger partial charge in [-0.3, -0.25) is 4.79 Å². The van der Waals surface area contributed by atoms with Gasteiger partial charge in [-0.2, -0.15) is 0 Å². The topological polar surface area (TPSA) is 65.1 Å². The average Bonchev–Trinajstić information content (AvgIpc) is 3.10. The Labute approximate surface area is 160 Å². The van der Waals surface area contributed by atoms with E-state index in [-0.39, 0.29) is 17.9 Å². The zero-order chi connectivity index (χ0) is 19.1. The van der Waals surface area contributed by atoms with Crippen LogP contribution in [-0.4, -0.2) is 29.1 Å². The first kappa shape index (κ1) is 19.2. The lowest BCUT2D eigenvalue weighted by atomic mass is 9.84. The number of aryl methyl sites for hydroxylation is 1. The van der Waals surface area contributed by atoms with Gasteiger partial charge in [0.05, 0.1) is 6.61 Å². The minimum absolute atomic E-state index is 0.0392. The van der Waals surface area contributed by atoms with Gasteiger partial charge in [0, 0.05) is 35.5 Å². The number of carbonyl (C=O) groups is 1. The Hall–Kier alpha value is -2.59. The van der Waals surface area contributed by atoms with Crippen molar-refractivity contribution < 1.29 is 9.90 Å². The van der Waals surface area contributed by atoms with E-state index >= 15 is 0 Å². The van der Waals surface area contributed by atoms with E-state index in [0.717, 1.165) is 24.8 Å². The van der Waals surface area contributed by atoms with Crippen molar-refractivity contribution in [1.82, 2.24) is 10.3 Å². The fourth-order valence-corrected chi connectivity index (χ4v) is 3.44. The van der Waals surface area contributed by atoms with Gasteiger partial charge < -0.3 is 15.4 Å². The molecule has 0 saturated carbocycles. The summed E-state index contributed by atoms with van der Waals surface area (Å²) >= 11 is 0. The molecule has 27 heavy (non-hydrogen) atoms. The van der Waals surface area contributed by atoms with Gasteiger partial charge in [-0.05, 0) is 36.5 Å². The zero-order valence-electron chi connectivity index (χ0n) is 15.9. The second-order valence-electron chi connectivity index (χ2n) is 7.62. The van der Waals surface area contributed by atoms with Crippen LogP contribution in [0.15, 0.2) is 60.8 Å². The summed E-state index contributed by atoms with van der Waals surface area (Å²) in [5.74, 6) is 0.0441. The Morgan fingerprint density at radius 3 is 2.63 bits per heavy atom. The molecule has 1 amide bonds. The Morgan fingerprint density at radius 1 is 1.11 bits per heavy atom. The lowest BCUT2D eigenvalue weighted by Crippen LogP contribution is -2.39. The Balaban J connectivity index is 1.46. The summed E-state index contributed by atoms with van der Waals surface area (Å²) in [6.45, 7) is 2.52. The summed E-state index contributed by atoms with van der Waals surface area (Å²) in [4.78, 5) is 15.5. The van der Waals surface area contributed by atoms with Crippen molar-refractivity contribution in [1.29, 1.82) is 0 Å². The molecule has 3 rings (SSSR count). The monoisotopic (exact) mass is 364 g/mol. The first-order valence-electron chi connectivity index (χ1n) is 9.56. The highest BCUT2D eigenvalue weighted by molar-refractivity contribution is 5.83. The molecule has 0 spiro atoms. The van der Waals surface area contributed by atoms with Gasteiger partial charge in [0.1, 0.15) is 0 Å². The largest absolute Gasteiger partial charge is 0.396 e. The van der Waals surface area contributed by atoms with Crippen LogP contribution in [0.2, 0.25) is 0 Å². The van der Waals surface area contributed by atoms with Crippen molar-refractivity contribution in [2.24, 2.45) is 5.41 Å². The maximum Gasteiger partial charge on any atom is 0.220 e. The molecule has 1 heterocycles. The molecule has 1 aromatic heterocycles. The highest BCUT2D eigenvalue weighted by Crippen LogP contribution is 2.22. The number of aliphatic hydroxyl groups is 1. The van der Waals surface area contributed by atoms with Crippen LogP contribution in [0, 0.1) is 5.41 Å². The minimum atomic E-state index is -0.353. The minimum Gasteiger partial charge on any atom is -0.396 e. The van der Waals surface area contributed by atoms with E-state index in [1.807, 2.05) is 43.5 Å². The van der Waals surface area contributed by atoms with Crippen LogP contribution in [0.1, 0.15) is 30.9 Å². The SMILES string of the molecule is C[C@@](CO)(CNC(=O)CCCc1c[nH]c2ccccc12)Cc1ccccc1. The van der Waals surface area contributed by atoms with Gasteiger partial charge >= 0.3 is 0 Å². The molecule has 4 heteroatoms. The molecule has 4 nitrogen and oxygen atoms in total. The number of nitrogens with one attached hydrogen (secondary N) is 2. The molecular weight excluding hydrogens is 336 g/mol. The fourth-order valence-electron chi connectivity index (χ4n) is 3.44. The smallest absolute Gasteiger partial charge is 0.220 e. The van der Waals surface area contributed by atoms with Gasteiger partial charge in [-0.15, -0.1) is 0 Å². The van der Waals surface area contributed by atoms with E-state index in [2.05, 4.69) is 34.6 Å². The van der Waals surface area contributed by atoms with Crippen molar-refractivity contribution >= 4 is 16.8 Å². The molecule has 0 fully saturated rings. The van der Waals surface area contributed by atoms with Crippen molar-refractivity contribution in [3.63, 3.8) is 0 Å². The van der Waals surface area contributed by atoms with E-state index in [4.69, 9.17) is 0 Å². The number of hydrogen-bond donors (Lipinski definition) is 3. The molecule has 1 atom stereocenters. The average molecular weight is 364 g/mol. The van der Waals surface area contributed by atoms with Gasteiger partial charge in [-0.1, -0.05) is 55.5 Å². The van der Waals surface area contributed by atoms with E-state index in [0.29, 0.717) is 13.0 Å². The number of H-pyrrole nitrogens is 1. The Bertz CT molecular complexity index is 872. The highest BCUT2D eigenvalue weighted by atomic mass is 16.3. The number of benzene rings is 2. The summed E-state index contributed by atoms with van der Waals surface area (Å²) in [6, 6.07) is 18.3. The van der Waals surface area contributed by atoms with Crippen LogP contribution in [-0.2, 0) is 17.6 Å². The quantitative estimate of drug-likeness (QED) is 0.540. The summed E-state index contributed by atoms with van der Waals surface area (Å²) in [7, 11) is 0. The lowest BCUT2D eigenvalue weighted by Gasteiger charge is -2.27. The van der Waals surface area contributed by atoms with Crippen LogP contribution in [0.25, 0.3) is 10.9 Å². The molecule has 0 unspecified atom stereocenters. The normalized spacial score (nSPS) is 13.4. The standard InChI is InChI=1S/C23H28N2O2/c1-23(17-26,14-18-8-3-2-4-9-18)16-25-22(27)13-7-10-19-15-24-21-12-6-5-11-20(19)21/h2-6,8-9,11-12,15,24,26H,7,10,13-14,16-17H2,1H3,(H,25,27)/t23-/m0/s1. The molecule has 142 valence electrons. The maximum absolute atomic E-state index is 12.2. The molecule has 0 radical (unpaired) electrons. The number of carbonyl (C=O) groups excluding carboxylic acids is 1. The second-order valence-corrected chi connectivity index (χ2v) is 7.62. The Morgan fingerprint density at radius 2 is 1.85 bits per heavy atom. The van der Waals surface area contributed by atoms with Gasteiger partial charge in [0.2, 0.25) is 5.91 Å². The number of aromatic nitrogens is 1. The molecule has 0 bridgehead atoms. The van der Waals surface area contributed by atoms with Crippen LogP contribution in [0.4, 0.5) is 0 Å².